The number of unbranched alkanes of at least 4 members (excludes halogenated alkanes) is 1. The van der Waals surface area contributed by atoms with Crippen molar-refractivity contribution < 1.29 is 14.7 Å². The van der Waals surface area contributed by atoms with Crippen LogP contribution in [0.1, 0.15) is 36.0 Å². The maximum Gasteiger partial charge on any atom is 0.303 e. The molecule has 1 aromatic rings. The molecule has 0 unspecified atom stereocenters. The molecule has 0 bridgehead atoms. The van der Waals surface area contributed by atoms with E-state index in [-0.39, 0.29) is 34.2 Å². The van der Waals surface area contributed by atoms with Crippen LogP contribution in [0.15, 0.2) is 12.1 Å². The van der Waals surface area contributed by atoms with E-state index in [0.29, 0.717) is 17.9 Å². The quantitative estimate of drug-likeness (QED) is 0.623. The summed E-state index contributed by atoms with van der Waals surface area (Å²) in [6.45, 7) is 0. The second-order valence-corrected chi connectivity index (χ2v) is 5.02. The molecule has 98 valence electrons. The van der Waals surface area contributed by atoms with Crippen molar-refractivity contribution in [2.75, 3.05) is 0 Å². The van der Waals surface area contributed by atoms with E-state index in [1.54, 1.807) is 0 Å². The number of hydrogen-bond donors (Lipinski definition) is 1. The van der Waals surface area contributed by atoms with Gasteiger partial charge in [-0.3, -0.25) is 9.59 Å². The molecule has 0 aliphatic carbocycles. The number of Topliss-reactive ketones (excluding diaryl/α,β-unsaturated/α-hetero) is 1. The van der Waals surface area contributed by atoms with Gasteiger partial charge in [0.25, 0.3) is 0 Å². The van der Waals surface area contributed by atoms with Crippen molar-refractivity contribution in [3.8, 4) is 0 Å². The first kappa shape index (κ1) is 15.3. The third-order valence-corrected chi connectivity index (χ3v) is 3.14. The fourth-order valence-electron chi connectivity index (χ4n) is 1.50. The minimum absolute atomic E-state index is 0.0510. The molecule has 1 N–H and O–H groups in total. The van der Waals surface area contributed by atoms with E-state index in [0.717, 1.165) is 0 Å². The standard InChI is InChI=1S/C12H11Cl3O3/c13-7-5-8(14)12(9(15)6-7)10(16)3-1-2-4-11(17)18/h5-6H,1-4H2,(H,17,18). The Balaban J connectivity index is 2.65. The number of carbonyl (C=O) groups is 2. The summed E-state index contributed by atoms with van der Waals surface area (Å²) in [5, 5.41) is 9.28. The molecule has 0 aliphatic rings. The van der Waals surface area contributed by atoms with Gasteiger partial charge in [-0.25, -0.2) is 0 Å². The molecule has 0 saturated carbocycles. The van der Waals surface area contributed by atoms with E-state index >= 15 is 0 Å². The van der Waals surface area contributed by atoms with Crippen LogP contribution < -0.4 is 0 Å². The summed E-state index contributed by atoms with van der Waals surface area (Å²) in [5.74, 6) is -1.07. The Hall–Kier alpha value is -0.770. The van der Waals surface area contributed by atoms with Gasteiger partial charge in [-0.1, -0.05) is 34.8 Å². The Morgan fingerprint density at radius 2 is 1.50 bits per heavy atom. The number of halogens is 3. The number of carboxylic acid groups (broad SMARTS) is 1. The highest BCUT2D eigenvalue weighted by Crippen LogP contribution is 2.30. The van der Waals surface area contributed by atoms with Crippen LogP contribution in [0, 0.1) is 0 Å². The van der Waals surface area contributed by atoms with Crippen LogP contribution in [0.25, 0.3) is 0 Å². The fourth-order valence-corrected chi connectivity index (χ4v) is 2.52. The van der Waals surface area contributed by atoms with Gasteiger partial charge in [0.1, 0.15) is 0 Å². The highest BCUT2D eigenvalue weighted by atomic mass is 35.5. The van der Waals surface area contributed by atoms with Gasteiger partial charge in [0.05, 0.1) is 15.6 Å². The average molecular weight is 310 g/mol. The molecule has 3 nitrogen and oxygen atoms in total. The van der Waals surface area contributed by atoms with Gasteiger partial charge in [0, 0.05) is 17.9 Å². The summed E-state index contributed by atoms with van der Waals surface area (Å²) in [5.41, 5.74) is 0.248. The van der Waals surface area contributed by atoms with Gasteiger partial charge in [-0.05, 0) is 25.0 Å². The zero-order valence-corrected chi connectivity index (χ0v) is 11.6. The van der Waals surface area contributed by atoms with Gasteiger partial charge in [-0.2, -0.15) is 0 Å². The molecule has 1 aromatic carbocycles. The van der Waals surface area contributed by atoms with E-state index in [1.165, 1.54) is 12.1 Å². The van der Waals surface area contributed by atoms with Gasteiger partial charge < -0.3 is 5.11 Å². The zero-order valence-electron chi connectivity index (χ0n) is 9.38. The minimum atomic E-state index is -0.870. The molecule has 0 amide bonds. The summed E-state index contributed by atoms with van der Waals surface area (Å²) < 4.78 is 0. The third-order valence-electron chi connectivity index (χ3n) is 2.33. The summed E-state index contributed by atoms with van der Waals surface area (Å²) >= 11 is 17.6. The summed E-state index contributed by atoms with van der Waals surface area (Å²) in [6.07, 6.45) is 1.20. The topological polar surface area (TPSA) is 54.4 Å². The Morgan fingerprint density at radius 1 is 1.00 bits per heavy atom. The normalized spacial score (nSPS) is 10.4. The molecule has 0 radical (unpaired) electrons. The number of carbonyl (C=O) groups excluding carboxylic acids is 1. The van der Waals surface area contributed by atoms with Crippen LogP contribution in [-0.4, -0.2) is 16.9 Å². The zero-order chi connectivity index (χ0) is 13.7. The second-order valence-electron chi connectivity index (χ2n) is 3.77. The fraction of sp³-hybridized carbons (Fsp3) is 0.333. The predicted molar refractivity (Wildman–Crippen MR) is 71.9 cm³/mol. The van der Waals surface area contributed by atoms with E-state index in [4.69, 9.17) is 39.9 Å². The van der Waals surface area contributed by atoms with Crippen LogP contribution in [0.3, 0.4) is 0 Å². The highest BCUT2D eigenvalue weighted by Gasteiger charge is 2.15. The van der Waals surface area contributed by atoms with Crippen molar-refractivity contribution in [3.05, 3.63) is 32.8 Å². The lowest BCUT2D eigenvalue weighted by molar-refractivity contribution is -0.137. The maximum absolute atomic E-state index is 11.9. The number of rotatable bonds is 6. The minimum Gasteiger partial charge on any atom is -0.481 e. The number of carboxylic acids is 1. The molecule has 6 heteroatoms. The largest absolute Gasteiger partial charge is 0.481 e. The van der Waals surface area contributed by atoms with Crippen molar-refractivity contribution in [1.82, 2.24) is 0 Å². The lowest BCUT2D eigenvalue weighted by atomic mass is 10.0. The number of aliphatic carboxylic acids is 1. The van der Waals surface area contributed by atoms with Gasteiger partial charge in [0.15, 0.2) is 5.78 Å². The van der Waals surface area contributed by atoms with Crippen LogP contribution >= 0.6 is 34.8 Å². The van der Waals surface area contributed by atoms with Crippen molar-refractivity contribution in [2.24, 2.45) is 0 Å². The van der Waals surface area contributed by atoms with Crippen molar-refractivity contribution in [3.63, 3.8) is 0 Å². The smallest absolute Gasteiger partial charge is 0.303 e. The van der Waals surface area contributed by atoms with Crippen molar-refractivity contribution >= 4 is 46.6 Å². The number of hydrogen-bond acceptors (Lipinski definition) is 2. The molecule has 0 heterocycles. The summed E-state index contributed by atoms with van der Waals surface area (Å²) in [6, 6.07) is 2.92. The number of benzene rings is 1. The lowest BCUT2D eigenvalue weighted by Gasteiger charge is -2.06. The second kappa shape index (κ2) is 6.98. The van der Waals surface area contributed by atoms with Crippen molar-refractivity contribution in [1.29, 1.82) is 0 Å². The Kier molecular flexibility index (Phi) is 5.93. The molecule has 0 saturated heterocycles. The Bertz CT molecular complexity index is 449. The summed E-state index contributed by atoms with van der Waals surface area (Å²) in [4.78, 5) is 22.2. The van der Waals surface area contributed by atoms with Crippen LogP contribution in [0.2, 0.25) is 15.1 Å². The average Bonchev–Trinajstić information content (AvgIpc) is 2.22. The molecule has 18 heavy (non-hydrogen) atoms. The molecule has 0 aromatic heterocycles. The molecule has 0 aliphatic heterocycles. The van der Waals surface area contributed by atoms with Crippen LogP contribution in [-0.2, 0) is 4.79 Å². The van der Waals surface area contributed by atoms with Gasteiger partial charge in [-0.15, -0.1) is 0 Å². The first-order chi connectivity index (χ1) is 8.41. The lowest BCUT2D eigenvalue weighted by Crippen LogP contribution is -2.02. The third kappa shape index (κ3) is 4.48. The van der Waals surface area contributed by atoms with E-state index in [9.17, 15) is 9.59 Å². The van der Waals surface area contributed by atoms with E-state index in [2.05, 4.69) is 0 Å². The Morgan fingerprint density at radius 3 is 2.00 bits per heavy atom. The summed E-state index contributed by atoms with van der Waals surface area (Å²) in [7, 11) is 0. The monoisotopic (exact) mass is 308 g/mol. The molecular formula is C12H11Cl3O3. The van der Waals surface area contributed by atoms with Gasteiger partial charge >= 0.3 is 5.97 Å². The molecule has 0 spiro atoms. The first-order valence-corrected chi connectivity index (χ1v) is 6.44. The Labute approximate surface area is 120 Å². The van der Waals surface area contributed by atoms with E-state index < -0.39 is 5.97 Å². The van der Waals surface area contributed by atoms with Crippen LogP contribution in [0.5, 0.6) is 0 Å². The van der Waals surface area contributed by atoms with Crippen molar-refractivity contribution in [2.45, 2.75) is 25.7 Å². The number of ketones is 1. The molecular weight excluding hydrogens is 298 g/mol. The van der Waals surface area contributed by atoms with Crippen LogP contribution in [0.4, 0.5) is 0 Å². The predicted octanol–water partition coefficient (Wildman–Crippen LogP) is 4.47. The SMILES string of the molecule is O=C(O)CCCCC(=O)c1c(Cl)cc(Cl)cc1Cl. The maximum atomic E-state index is 11.9. The highest BCUT2D eigenvalue weighted by molar-refractivity contribution is 6.42. The van der Waals surface area contributed by atoms with Gasteiger partial charge in [0.2, 0.25) is 0 Å². The molecule has 0 atom stereocenters. The first-order valence-electron chi connectivity index (χ1n) is 5.31. The van der Waals surface area contributed by atoms with E-state index in [1.807, 2.05) is 0 Å². The molecule has 1 rings (SSSR count). The molecule has 0 fully saturated rings.